The second kappa shape index (κ2) is 10.2. The molecule has 0 aromatic heterocycles. The molecule has 4 nitrogen and oxygen atoms in total. The van der Waals surface area contributed by atoms with Crippen molar-refractivity contribution in [3.8, 4) is 11.8 Å². The summed E-state index contributed by atoms with van der Waals surface area (Å²) in [4.78, 5) is 12.5. The molecule has 150 valence electrons. The van der Waals surface area contributed by atoms with Crippen LogP contribution in [0.5, 0.6) is 5.75 Å². The minimum atomic E-state index is -0.447. The Bertz CT molecular complexity index is 1150. The van der Waals surface area contributed by atoms with Gasteiger partial charge in [-0.1, -0.05) is 58.4 Å². The van der Waals surface area contributed by atoms with Gasteiger partial charge in [-0.15, -0.1) is 0 Å². The van der Waals surface area contributed by atoms with E-state index in [1.807, 2.05) is 61.5 Å². The third-order valence-electron chi connectivity index (χ3n) is 4.37. The standard InChI is InChI=1S/C24H18Br2N2O2/c1-16-6-2-5-9-22(16)28-24(29)19(14-27)12-17-10-11-23(21(26)13-17)30-15-18-7-3-4-8-20(18)25/h2-13H,15H2,1H3,(H,28,29)/b19-12+. The predicted octanol–water partition coefficient (Wildman–Crippen LogP) is 6.64. The second-order valence-electron chi connectivity index (χ2n) is 6.51. The summed E-state index contributed by atoms with van der Waals surface area (Å²) in [5.41, 5.74) is 3.38. The van der Waals surface area contributed by atoms with Crippen molar-refractivity contribution >= 4 is 49.5 Å². The lowest BCUT2D eigenvalue weighted by atomic mass is 10.1. The first-order chi connectivity index (χ1) is 14.5. The third-order valence-corrected chi connectivity index (χ3v) is 5.76. The van der Waals surface area contributed by atoms with E-state index in [2.05, 4.69) is 37.2 Å². The molecule has 0 unspecified atom stereocenters. The molecule has 0 aliphatic heterocycles. The normalized spacial score (nSPS) is 10.9. The van der Waals surface area contributed by atoms with Crippen LogP contribution in [0.1, 0.15) is 16.7 Å². The number of nitrogens with zero attached hydrogens (tertiary/aromatic N) is 1. The maximum absolute atomic E-state index is 12.5. The van der Waals surface area contributed by atoms with Crippen LogP contribution in [0.3, 0.4) is 0 Å². The Hall–Kier alpha value is -2.88. The van der Waals surface area contributed by atoms with Gasteiger partial charge in [-0.2, -0.15) is 5.26 Å². The number of benzene rings is 3. The van der Waals surface area contributed by atoms with Crippen molar-refractivity contribution in [3.05, 3.63) is 97.9 Å². The maximum Gasteiger partial charge on any atom is 0.266 e. The monoisotopic (exact) mass is 524 g/mol. The summed E-state index contributed by atoms with van der Waals surface area (Å²) in [6, 6.07) is 22.7. The van der Waals surface area contributed by atoms with Crippen LogP contribution < -0.4 is 10.1 Å². The highest BCUT2D eigenvalue weighted by Gasteiger charge is 2.11. The second-order valence-corrected chi connectivity index (χ2v) is 8.22. The van der Waals surface area contributed by atoms with E-state index in [0.717, 1.165) is 20.1 Å². The number of carbonyl (C=O) groups is 1. The summed E-state index contributed by atoms with van der Waals surface area (Å²) in [5, 5.41) is 12.2. The van der Waals surface area contributed by atoms with Crippen molar-refractivity contribution < 1.29 is 9.53 Å². The number of amides is 1. The Labute approximate surface area is 192 Å². The largest absolute Gasteiger partial charge is 0.488 e. The van der Waals surface area contributed by atoms with Crippen LogP contribution in [-0.4, -0.2) is 5.91 Å². The quantitative estimate of drug-likeness (QED) is 0.289. The van der Waals surface area contributed by atoms with Crippen molar-refractivity contribution in [2.45, 2.75) is 13.5 Å². The molecule has 0 radical (unpaired) electrons. The van der Waals surface area contributed by atoms with Crippen molar-refractivity contribution in [2.24, 2.45) is 0 Å². The Morgan fingerprint density at radius 3 is 2.50 bits per heavy atom. The van der Waals surface area contributed by atoms with Gasteiger partial charge in [0, 0.05) is 15.7 Å². The van der Waals surface area contributed by atoms with Gasteiger partial charge in [0.2, 0.25) is 0 Å². The van der Waals surface area contributed by atoms with Gasteiger partial charge in [0.15, 0.2) is 0 Å². The molecule has 0 bridgehead atoms. The van der Waals surface area contributed by atoms with Crippen molar-refractivity contribution in [3.63, 3.8) is 0 Å². The number of aryl methyl sites for hydroxylation is 1. The Morgan fingerprint density at radius 1 is 1.07 bits per heavy atom. The summed E-state index contributed by atoms with van der Waals surface area (Å²) in [7, 11) is 0. The highest BCUT2D eigenvalue weighted by molar-refractivity contribution is 9.10. The summed E-state index contributed by atoms with van der Waals surface area (Å²) < 4.78 is 7.61. The highest BCUT2D eigenvalue weighted by Crippen LogP contribution is 2.29. The van der Waals surface area contributed by atoms with Gasteiger partial charge in [0.1, 0.15) is 24.0 Å². The lowest BCUT2D eigenvalue weighted by Crippen LogP contribution is -2.14. The number of rotatable bonds is 6. The van der Waals surface area contributed by atoms with E-state index in [9.17, 15) is 10.1 Å². The molecule has 1 N–H and O–H groups in total. The van der Waals surface area contributed by atoms with E-state index in [1.165, 1.54) is 0 Å². The first-order valence-electron chi connectivity index (χ1n) is 9.12. The summed E-state index contributed by atoms with van der Waals surface area (Å²) >= 11 is 7.01. The number of ether oxygens (including phenoxy) is 1. The molecular weight excluding hydrogens is 508 g/mol. The first kappa shape index (κ1) is 21.8. The molecule has 3 aromatic rings. The minimum absolute atomic E-state index is 0.0204. The number of hydrogen-bond acceptors (Lipinski definition) is 3. The SMILES string of the molecule is Cc1ccccc1NC(=O)/C(C#N)=C/c1ccc(OCc2ccccc2Br)c(Br)c1. The van der Waals surface area contributed by atoms with Gasteiger partial charge in [0.25, 0.3) is 5.91 Å². The Balaban J connectivity index is 1.73. The van der Waals surface area contributed by atoms with Crippen molar-refractivity contribution in [2.75, 3.05) is 5.32 Å². The number of nitrogens with one attached hydrogen (secondary N) is 1. The Kier molecular flexibility index (Phi) is 7.45. The fourth-order valence-corrected chi connectivity index (χ4v) is 3.62. The molecule has 0 saturated heterocycles. The zero-order valence-electron chi connectivity index (χ0n) is 16.2. The van der Waals surface area contributed by atoms with Gasteiger partial charge in [-0.05, 0) is 64.3 Å². The number of anilines is 1. The van der Waals surface area contributed by atoms with Crippen LogP contribution in [0.25, 0.3) is 6.08 Å². The van der Waals surface area contributed by atoms with E-state index >= 15 is 0 Å². The summed E-state index contributed by atoms with van der Waals surface area (Å²) in [6.45, 7) is 2.31. The van der Waals surface area contributed by atoms with Crippen molar-refractivity contribution in [1.82, 2.24) is 0 Å². The van der Waals surface area contributed by atoms with Crippen LogP contribution in [0, 0.1) is 18.3 Å². The molecule has 0 heterocycles. The van der Waals surface area contributed by atoms with Gasteiger partial charge >= 0.3 is 0 Å². The number of halogens is 2. The van der Waals surface area contributed by atoms with Gasteiger partial charge in [0.05, 0.1) is 4.47 Å². The molecule has 0 spiro atoms. The molecule has 0 atom stereocenters. The summed E-state index contributed by atoms with van der Waals surface area (Å²) in [6.07, 6.45) is 1.55. The molecule has 3 rings (SSSR count). The highest BCUT2D eigenvalue weighted by atomic mass is 79.9. The van der Waals surface area contributed by atoms with Crippen LogP contribution in [0.4, 0.5) is 5.69 Å². The molecule has 0 aliphatic rings. The van der Waals surface area contributed by atoms with Crippen LogP contribution >= 0.6 is 31.9 Å². The zero-order valence-corrected chi connectivity index (χ0v) is 19.3. The molecule has 0 saturated carbocycles. The fourth-order valence-electron chi connectivity index (χ4n) is 2.71. The van der Waals surface area contributed by atoms with E-state index in [4.69, 9.17) is 4.74 Å². The van der Waals surface area contributed by atoms with Crippen LogP contribution in [0.2, 0.25) is 0 Å². The molecule has 6 heteroatoms. The number of nitriles is 1. The molecule has 0 aliphatic carbocycles. The van der Waals surface area contributed by atoms with Gasteiger partial charge in [-0.25, -0.2) is 0 Å². The molecule has 0 fully saturated rings. The van der Waals surface area contributed by atoms with Gasteiger partial charge in [-0.3, -0.25) is 4.79 Å². The minimum Gasteiger partial charge on any atom is -0.488 e. The van der Waals surface area contributed by atoms with E-state index < -0.39 is 5.91 Å². The smallest absolute Gasteiger partial charge is 0.266 e. The maximum atomic E-state index is 12.5. The van der Waals surface area contributed by atoms with Crippen LogP contribution in [0.15, 0.2) is 81.2 Å². The molecule has 3 aromatic carbocycles. The zero-order chi connectivity index (χ0) is 21.5. The molecule has 1 amide bonds. The number of para-hydroxylation sites is 1. The average Bonchev–Trinajstić information content (AvgIpc) is 2.74. The van der Waals surface area contributed by atoms with Gasteiger partial charge < -0.3 is 10.1 Å². The van der Waals surface area contributed by atoms with Crippen LogP contribution in [-0.2, 0) is 11.4 Å². The fraction of sp³-hybridized carbons (Fsp3) is 0.0833. The number of carbonyl (C=O) groups excluding carboxylic acids is 1. The third kappa shape index (κ3) is 5.59. The number of hydrogen-bond donors (Lipinski definition) is 1. The predicted molar refractivity (Wildman–Crippen MR) is 126 cm³/mol. The topological polar surface area (TPSA) is 62.1 Å². The van der Waals surface area contributed by atoms with Crippen molar-refractivity contribution in [1.29, 1.82) is 5.26 Å². The average molecular weight is 526 g/mol. The first-order valence-corrected chi connectivity index (χ1v) is 10.7. The Morgan fingerprint density at radius 2 is 1.80 bits per heavy atom. The lowest BCUT2D eigenvalue weighted by Gasteiger charge is -2.10. The van der Waals surface area contributed by atoms with E-state index in [0.29, 0.717) is 23.6 Å². The summed E-state index contributed by atoms with van der Waals surface area (Å²) in [5.74, 6) is 0.225. The van der Waals surface area contributed by atoms with E-state index in [-0.39, 0.29) is 5.57 Å². The molecular formula is C24H18Br2N2O2. The molecule has 30 heavy (non-hydrogen) atoms. The lowest BCUT2D eigenvalue weighted by molar-refractivity contribution is -0.112. The van der Waals surface area contributed by atoms with E-state index in [1.54, 1.807) is 24.3 Å².